The van der Waals surface area contributed by atoms with E-state index in [4.69, 9.17) is 4.74 Å². The van der Waals surface area contributed by atoms with Crippen LogP contribution in [0.4, 0.5) is 5.69 Å². The molecule has 1 aliphatic heterocycles. The SMILES string of the molecule is COc1ccc2c(c1)N(C)C(CO)CS2(=O)=O. The molecule has 94 valence electrons. The van der Waals surface area contributed by atoms with Crippen molar-refractivity contribution in [1.82, 2.24) is 0 Å². The molecule has 1 atom stereocenters. The van der Waals surface area contributed by atoms with Crippen LogP contribution in [-0.4, -0.2) is 46.1 Å². The third-order valence-corrected chi connectivity index (χ3v) is 4.89. The van der Waals surface area contributed by atoms with Crippen LogP contribution in [0.5, 0.6) is 5.75 Å². The Kier molecular flexibility index (Phi) is 3.01. The molecule has 0 aromatic heterocycles. The number of ether oxygens (including phenoxy) is 1. The molecule has 2 rings (SSSR count). The molecular weight excluding hydrogens is 242 g/mol. The normalized spacial score (nSPS) is 22.1. The summed E-state index contributed by atoms with van der Waals surface area (Å²) in [6, 6.07) is 4.45. The Balaban J connectivity index is 2.60. The second kappa shape index (κ2) is 4.19. The van der Waals surface area contributed by atoms with Crippen molar-refractivity contribution in [3.05, 3.63) is 18.2 Å². The van der Waals surface area contributed by atoms with Crippen LogP contribution in [0.15, 0.2) is 23.1 Å². The molecule has 0 fully saturated rings. The summed E-state index contributed by atoms with van der Waals surface area (Å²) in [4.78, 5) is 2.07. The maximum absolute atomic E-state index is 12.0. The van der Waals surface area contributed by atoms with E-state index in [1.165, 1.54) is 7.11 Å². The number of rotatable bonds is 2. The quantitative estimate of drug-likeness (QED) is 0.824. The average Bonchev–Trinajstić information content (AvgIpc) is 2.33. The fourth-order valence-electron chi connectivity index (χ4n) is 1.99. The molecule has 1 aromatic carbocycles. The van der Waals surface area contributed by atoms with Crippen molar-refractivity contribution >= 4 is 15.5 Å². The van der Waals surface area contributed by atoms with Gasteiger partial charge in [-0.2, -0.15) is 0 Å². The fourth-order valence-corrected chi connectivity index (χ4v) is 3.80. The van der Waals surface area contributed by atoms with Crippen molar-refractivity contribution in [1.29, 1.82) is 0 Å². The van der Waals surface area contributed by atoms with Gasteiger partial charge in [0.2, 0.25) is 0 Å². The van der Waals surface area contributed by atoms with Gasteiger partial charge in [0, 0.05) is 13.1 Å². The van der Waals surface area contributed by atoms with Gasteiger partial charge in [0.05, 0.1) is 36.1 Å². The van der Waals surface area contributed by atoms with Crippen LogP contribution in [0.3, 0.4) is 0 Å². The van der Waals surface area contributed by atoms with Gasteiger partial charge >= 0.3 is 0 Å². The lowest BCUT2D eigenvalue weighted by Crippen LogP contribution is -2.44. The van der Waals surface area contributed by atoms with E-state index in [1.807, 2.05) is 0 Å². The third kappa shape index (κ3) is 1.98. The van der Waals surface area contributed by atoms with E-state index in [-0.39, 0.29) is 12.4 Å². The second-order valence-corrected chi connectivity index (χ2v) is 6.07. The van der Waals surface area contributed by atoms with Gasteiger partial charge in [-0.15, -0.1) is 0 Å². The van der Waals surface area contributed by atoms with Crippen molar-refractivity contribution in [3.63, 3.8) is 0 Å². The molecule has 1 unspecified atom stereocenters. The standard InChI is InChI=1S/C11H15NO4S/c1-12-8(6-13)7-17(14,15)11-4-3-9(16-2)5-10(11)12/h3-5,8,13H,6-7H2,1-2H3. The van der Waals surface area contributed by atoms with E-state index in [1.54, 1.807) is 30.1 Å². The summed E-state index contributed by atoms with van der Waals surface area (Å²) in [5.74, 6) is 0.545. The number of benzene rings is 1. The summed E-state index contributed by atoms with van der Waals surface area (Å²) in [6.07, 6.45) is 0. The Hall–Kier alpha value is -1.27. The number of hydrogen-bond donors (Lipinski definition) is 1. The lowest BCUT2D eigenvalue weighted by Gasteiger charge is -2.34. The van der Waals surface area contributed by atoms with Crippen LogP contribution >= 0.6 is 0 Å². The van der Waals surface area contributed by atoms with Gasteiger partial charge in [-0.05, 0) is 12.1 Å². The highest BCUT2D eigenvalue weighted by Crippen LogP contribution is 2.35. The molecule has 0 aliphatic carbocycles. The van der Waals surface area contributed by atoms with Crippen molar-refractivity contribution < 1.29 is 18.3 Å². The van der Waals surface area contributed by atoms with Gasteiger partial charge < -0.3 is 14.7 Å². The molecule has 0 saturated carbocycles. The highest BCUT2D eigenvalue weighted by atomic mass is 32.2. The van der Waals surface area contributed by atoms with Crippen molar-refractivity contribution in [3.8, 4) is 5.75 Å². The van der Waals surface area contributed by atoms with Gasteiger partial charge in [0.15, 0.2) is 9.84 Å². The van der Waals surface area contributed by atoms with E-state index in [0.29, 0.717) is 16.3 Å². The molecule has 0 spiro atoms. The molecule has 1 heterocycles. The first-order chi connectivity index (χ1) is 7.99. The zero-order valence-corrected chi connectivity index (χ0v) is 10.6. The van der Waals surface area contributed by atoms with Crippen LogP contribution in [-0.2, 0) is 9.84 Å². The predicted molar refractivity (Wildman–Crippen MR) is 64.3 cm³/mol. The number of nitrogens with zero attached hydrogens (tertiary/aromatic N) is 1. The van der Waals surface area contributed by atoms with Crippen LogP contribution in [0.25, 0.3) is 0 Å². The molecule has 1 N–H and O–H groups in total. The fraction of sp³-hybridized carbons (Fsp3) is 0.455. The number of fused-ring (bicyclic) bond motifs is 1. The first kappa shape index (κ1) is 12.2. The molecule has 6 heteroatoms. The minimum Gasteiger partial charge on any atom is -0.497 e. The van der Waals surface area contributed by atoms with E-state index in [9.17, 15) is 13.5 Å². The highest BCUT2D eigenvalue weighted by molar-refractivity contribution is 7.91. The zero-order chi connectivity index (χ0) is 12.6. The molecule has 17 heavy (non-hydrogen) atoms. The van der Waals surface area contributed by atoms with E-state index in [0.717, 1.165) is 0 Å². The monoisotopic (exact) mass is 257 g/mol. The lowest BCUT2D eigenvalue weighted by atomic mass is 10.2. The number of methoxy groups -OCH3 is 1. The smallest absolute Gasteiger partial charge is 0.182 e. The van der Waals surface area contributed by atoms with E-state index >= 15 is 0 Å². The summed E-state index contributed by atoms with van der Waals surface area (Å²) < 4.78 is 29.1. The minimum atomic E-state index is -3.32. The summed E-state index contributed by atoms with van der Waals surface area (Å²) >= 11 is 0. The second-order valence-electron chi connectivity index (χ2n) is 4.06. The molecule has 5 nitrogen and oxygen atoms in total. The van der Waals surface area contributed by atoms with Crippen molar-refractivity contribution in [2.45, 2.75) is 10.9 Å². The van der Waals surface area contributed by atoms with Gasteiger partial charge in [-0.25, -0.2) is 8.42 Å². The van der Waals surface area contributed by atoms with Crippen LogP contribution in [0.1, 0.15) is 0 Å². The summed E-state index contributed by atoms with van der Waals surface area (Å²) in [7, 11) is -0.0164. The van der Waals surface area contributed by atoms with E-state index in [2.05, 4.69) is 0 Å². The molecular formula is C11H15NO4S. The molecule has 0 bridgehead atoms. The molecule has 0 radical (unpaired) electrons. The van der Waals surface area contributed by atoms with Gasteiger partial charge in [-0.1, -0.05) is 0 Å². The number of aliphatic hydroxyl groups excluding tert-OH is 1. The Labute approximate surface area is 101 Å². The largest absolute Gasteiger partial charge is 0.497 e. The van der Waals surface area contributed by atoms with Gasteiger partial charge in [0.25, 0.3) is 0 Å². The average molecular weight is 257 g/mol. The first-order valence-electron chi connectivity index (χ1n) is 5.24. The Morgan fingerprint density at radius 2 is 2.24 bits per heavy atom. The van der Waals surface area contributed by atoms with Crippen molar-refractivity contribution in [2.24, 2.45) is 0 Å². The molecule has 0 amide bonds. The molecule has 1 aliphatic rings. The maximum Gasteiger partial charge on any atom is 0.182 e. The third-order valence-electron chi connectivity index (χ3n) is 3.05. The number of sulfone groups is 1. The minimum absolute atomic E-state index is 0.0562. The number of aliphatic hydroxyl groups is 1. The highest BCUT2D eigenvalue weighted by Gasteiger charge is 2.33. The Bertz CT molecular complexity index is 526. The summed E-state index contributed by atoms with van der Waals surface area (Å²) in [6.45, 7) is -0.188. The van der Waals surface area contributed by atoms with Crippen LogP contribution < -0.4 is 9.64 Å². The maximum atomic E-state index is 12.0. The predicted octanol–water partition coefficient (Wildman–Crippen LogP) is 0.280. The Morgan fingerprint density at radius 1 is 1.53 bits per heavy atom. The number of hydrogen-bond acceptors (Lipinski definition) is 5. The Morgan fingerprint density at radius 3 is 2.82 bits per heavy atom. The van der Waals surface area contributed by atoms with Crippen LogP contribution in [0, 0.1) is 0 Å². The lowest BCUT2D eigenvalue weighted by molar-refractivity contribution is 0.269. The first-order valence-corrected chi connectivity index (χ1v) is 6.89. The number of likely N-dealkylation sites (N-methyl/N-ethyl adjacent to an activating group) is 1. The molecule has 0 saturated heterocycles. The molecule has 1 aromatic rings. The van der Waals surface area contributed by atoms with Crippen LogP contribution in [0.2, 0.25) is 0 Å². The number of anilines is 1. The van der Waals surface area contributed by atoms with Gasteiger partial charge in [-0.3, -0.25) is 0 Å². The topological polar surface area (TPSA) is 66.8 Å². The summed E-state index contributed by atoms with van der Waals surface area (Å²) in [5, 5.41) is 9.21. The summed E-state index contributed by atoms with van der Waals surface area (Å²) in [5.41, 5.74) is 0.578. The van der Waals surface area contributed by atoms with Gasteiger partial charge in [0.1, 0.15) is 5.75 Å². The van der Waals surface area contributed by atoms with E-state index < -0.39 is 15.9 Å². The zero-order valence-electron chi connectivity index (χ0n) is 9.75. The van der Waals surface area contributed by atoms with Crippen molar-refractivity contribution in [2.75, 3.05) is 31.4 Å².